The molecule has 7 heteroatoms. The average molecular weight is 296 g/mol. The van der Waals surface area contributed by atoms with Crippen LogP contribution in [-0.4, -0.2) is 32.1 Å². The Labute approximate surface area is 121 Å². The third-order valence-electron chi connectivity index (χ3n) is 2.40. The summed E-state index contributed by atoms with van der Waals surface area (Å²) in [7, 11) is 2.58. The molecule has 1 rings (SSSR count). The van der Waals surface area contributed by atoms with E-state index in [4.69, 9.17) is 14.2 Å². The molecule has 0 heterocycles. The molecular weight excluding hydrogens is 280 g/mol. The minimum Gasteiger partial charge on any atom is -0.497 e. The Morgan fingerprint density at radius 3 is 2.05 bits per heavy atom. The smallest absolute Gasteiger partial charge is 0.351 e. The number of carbonyl (C=O) groups excluding carboxylic acids is 3. The molecule has 7 nitrogen and oxygen atoms in total. The van der Waals surface area contributed by atoms with Crippen LogP contribution < -0.4 is 9.47 Å². The summed E-state index contributed by atoms with van der Waals surface area (Å²) in [6, 6.07) is 4.35. The Bertz CT molecular complexity index is 550. The summed E-state index contributed by atoms with van der Waals surface area (Å²) in [5.74, 6) is -1.44. The van der Waals surface area contributed by atoms with Crippen molar-refractivity contribution in [3.63, 3.8) is 0 Å². The maximum atomic E-state index is 11.7. The molecule has 1 aromatic rings. The van der Waals surface area contributed by atoms with E-state index in [0.717, 1.165) is 0 Å². The second-order valence-corrected chi connectivity index (χ2v) is 4.05. The molecular formula is C14H16O7. The lowest BCUT2D eigenvalue weighted by Crippen LogP contribution is -2.20. The Morgan fingerprint density at radius 1 is 0.952 bits per heavy atom. The van der Waals surface area contributed by atoms with Crippen LogP contribution in [0.5, 0.6) is 11.5 Å². The highest BCUT2D eigenvalue weighted by molar-refractivity contribution is 5.80. The molecule has 0 saturated carbocycles. The van der Waals surface area contributed by atoms with Crippen molar-refractivity contribution in [2.45, 2.75) is 20.0 Å². The first kappa shape index (κ1) is 16.5. The highest BCUT2D eigenvalue weighted by Gasteiger charge is 2.26. The number of rotatable bonds is 5. The average Bonchev–Trinajstić information content (AvgIpc) is 2.42. The van der Waals surface area contributed by atoms with Crippen LogP contribution in [0.1, 0.15) is 25.5 Å². The van der Waals surface area contributed by atoms with E-state index in [1.165, 1.54) is 46.3 Å². The van der Waals surface area contributed by atoms with Gasteiger partial charge in [-0.15, -0.1) is 0 Å². The Kier molecular flexibility index (Phi) is 5.71. The Balaban J connectivity index is 3.24. The van der Waals surface area contributed by atoms with Crippen LogP contribution in [0.2, 0.25) is 0 Å². The van der Waals surface area contributed by atoms with Gasteiger partial charge in [-0.3, -0.25) is 9.59 Å². The largest absolute Gasteiger partial charge is 0.497 e. The normalized spacial score (nSPS) is 11.2. The quantitative estimate of drug-likeness (QED) is 0.599. The van der Waals surface area contributed by atoms with Crippen molar-refractivity contribution in [3.8, 4) is 11.5 Å². The van der Waals surface area contributed by atoms with Gasteiger partial charge in [0.05, 0.1) is 14.2 Å². The molecule has 0 N–H and O–H groups in total. The monoisotopic (exact) mass is 296 g/mol. The van der Waals surface area contributed by atoms with Gasteiger partial charge in [0.25, 0.3) is 0 Å². The third-order valence-corrected chi connectivity index (χ3v) is 2.40. The second-order valence-electron chi connectivity index (χ2n) is 4.05. The lowest BCUT2D eigenvalue weighted by atomic mass is 10.1. The van der Waals surface area contributed by atoms with Gasteiger partial charge in [-0.1, -0.05) is 0 Å². The zero-order valence-electron chi connectivity index (χ0n) is 12.2. The summed E-state index contributed by atoms with van der Waals surface area (Å²) in [6.07, 6.45) is -1.27. The summed E-state index contributed by atoms with van der Waals surface area (Å²) in [4.78, 5) is 33.9. The summed E-state index contributed by atoms with van der Waals surface area (Å²) in [5.41, 5.74) is 0.271. The molecule has 1 aromatic carbocycles. The molecule has 0 radical (unpaired) electrons. The number of hydrogen-bond acceptors (Lipinski definition) is 7. The number of hydrogen-bond donors (Lipinski definition) is 0. The third kappa shape index (κ3) is 4.79. The fourth-order valence-corrected chi connectivity index (χ4v) is 1.61. The van der Waals surface area contributed by atoms with Gasteiger partial charge in [-0.05, 0) is 12.1 Å². The van der Waals surface area contributed by atoms with Crippen LogP contribution in [0.15, 0.2) is 18.2 Å². The van der Waals surface area contributed by atoms with Gasteiger partial charge in [-0.2, -0.15) is 0 Å². The van der Waals surface area contributed by atoms with Gasteiger partial charge in [0.15, 0.2) is 0 Å². The molecule has 0 saturated heterocycles. The minimum absolute atomic E-state index is 0.165. The van der Waals surface area contributed by atoms with E-state index in [9.17, 15) is 14.4 Å². The van der Waals surface area contributed by atoms with E-state index in [1.807, 2.05) is 0 Å². The number of ether oxygens (including phenoxy) is 4. The highest BCUT2D eigenvalue weighted by atomic mass is 16.6. The fraction of sp³-hybridized carbons (Fsp3) is 0.357. The molecule has 0 amide bonds. The predicted octanol–water partition coefficient (Wildman–Crippen LogP) is 1.40. The minimum atomic E-state index is -1.27. The topological polar surface area (TPSA) is 88.1 Å². The summed E-state index contributed by atoms with van der Waals surface area (Å²) < 4.78 is 19.6. The first-order chi connectivity index (χ1) is 9.87. The molecule has 1 atom stereocenters. The van der Waals surface area contributed by atoms with Gasteiger partial charge in [0.1, 0.15) is 11.5 Å². The molecule has 0 aliphatic rings. The number of benzene rings is 1. The van der Waals surface area contributed by atoms with E-state index in [0.29, 0.717) is 5.75 Å². The highest BCUT2D eigenvalue weighted by Crippen LogP contribution is 2.29. The SMILES string of the molecule is COC(=O)C(OC(C)=O)c1cc(OC)cc(OC(C)=O)c1. The van der Waals surface area contributed by atoms with E-state index in [1.54, 1.807) is 0 Å². The number of carbonyl (C=O) groups is 3. The van der Waals surface area contributed by atoms with Crippen LogP contribution in [0.4, 0.5) is 0 Å². The summed E-state index contributed by atoms with van der Waals surface area (Å²) in [5, 5.41) is 0. The number of methoxy groups -OCH3 is 2. The molecule has 114 valence electrons. The van der Waals surface area contributed by atoms with Crippen LogP contribution in [0.3, 0.4) is 0 Å². The molecule has 0 aromatic heterocycles. The maximum absolute atomic E-state index is 11.7. The first-order valence-corrected chi connectivity index (χ1v) is 5.99. The van der Waals surface area contributed by atoms with Crippen LogP contribution in [-0.2, 0) is 23.9 Å². The standard InChI is InChI=1S/C14H16O7/c1-8(15)20-12-6-10(5-11(7-12)18-3)13(14(17)19-4)21-9(2)16/h5-7,13H,1-4H3. The molecule has 0 aliphatic carbocycles. The zero-order chi connectivity index (χ0) is 16.0. The van der Waals surface area contributed by atoms with Gasteiger partial charge in [-0.25, -0.2) is 4.79 Å². The number of esters is 3. The molecule has 21 heavy (non-hydrogen) atoms. The van der Waals surface area contributed by atoms with Gasteiger partial charge >= 0.3 is 17.9 Å². The summed E-state index contributed by atoms with van der Waals surface area (Å²) in [6.45, 7) is 2.41. The van der Waals surface area contributed by atoms with Crippen molar-refractivity contribution in [2.24, 2.45) is 0 Å². The lowest BCUT2D eigenvalue weighted by molar-refractivity contribution is -0.165. The van der Waals surface area contributed by atoms with Crippen LogP contribution >= 0.6 is 0 Å². The second kappa shape index (κ2) is 7.28. The molecule has 1 unspecified atom stereocenters. The van der Waals surface area contributed by atoms with Crippen molar-refractivity contribution in [3.05, 3.63) is 23.8 Å². The van der Waals surface area contributed by atoms with Crippen LogP contribution in [0, 0.1) is 0 Å². The zero-order valence-corrected chi connectivity index (χ0v) is 12.2. The van der Waals surface area contributed by atoms with Crippen molar-refractivity contribution in [1.82, 2.24) is 0 Å². The van der Waals surface area contributed by atoms with Crippen LogP contribution in [0.25, 0.3) is 0 Å². The fourth-order valence-electron chi connectivity index (χ4n) is 1.61. The van der Waals surface area contributed by atoms with Gasteiger partial charge in [0.2, 0.25) is 6.10 Å². The van der Waals surface area contributed by atoms with Gasteiger partial charge in [0, 0.05) is 25.5 Å². The Morgan fingerprint density at radius 2 is 1.57 bits per heavy atom. The predicted molar refractivity (Wildman–Crippen MR) is 70.8 cm³/mol. The Hall–Kier alpha value is -2.57. The van der Waals surface area contributed by atoms with E-state index in [-0.39, 0.29) is 11.3 Å². The molecule has 0 fully saturated rings. The molecule has 0 bridgehead atoms. The van der Waals surface area contributed by atoms with Crippen molar-refractivity contribution >= 4 is 17.9 Å². The van der Waals surface area contributed by atoms with Crippen molar-refractivity contribution in [1.29, 1.82) is 0 Å². The summed E-state index contributed by atoms with van der Waals surface area (Å²) >= 11 is 0. The van der Waals surface area contributed by atoms with Crippen molar-refractivity contribution < 1.29 is 33.3 Å². The lowest BCUT2D eigenvalue weighted by Gasteiger charge is -2.16. The first-order valence-electron chi connectivity index (χ1n) is 5.99. The molecule has 0 spiro atoms. The van der Waals surface area contributed by atoms with E-state index < -0.39 is 24.0 Å². The molecule has 0 aliphatic heterocycles. The van der Waals surface area contributed by atoms with Crippen molar-refractivity contribution in [2.75, 3.05) is 14.2 Å². The van der Waals surface area contributed by atoms with E-state index in [2.05, 4.69) is 4.74 Å². The van der Waals surface area contributed by atoms with E-state index >= 15 is 0 Å². The van der Waals surface area contributed by atoms with Gasteiger partial charge < -0.3 is 18.9 Å². The maximum Gasteiger partial charge on any atom is 0.351 e.